The van der Waals surface area contributed by atoms with Gasteiger partial charge in [-0.05, 0) is 26.7 Å². The Hall–Kier alpha value is -0.910. The summed E-state index contributed by atoms with van der Waals surface area (Å²) in [7, 11) is 2.07. The summed E-state index contributed by atoms with van der Waals surface area (Å²) >= 11 is 6.15. The molecule has 0 aromatic carbocycles. The van der Waals surface area contributed by atoms with Crippen LogP contribution in [-0.2, 0) is 4.74 Å². The topological polar surface area (TPSA) is 41.5 Å². The lowest BCUT2D eigenvalue weighted by atomic mass is 10.2. The molecule has 0 bridgehead atoms. The van der Waals surface area contributed by atoms with Gasteiger partial charge in [0.15, 0.2) is 0 Å². The summed E-state index contributed by atoms with van der Waals surface area (Å²) in [5.41, 5.74) is 0. The SMILES string of the molecule is C[C@@H]1CN(CCN(C)c2cc(Cl)nc(C3CC3)n2)C[C@H](C)O1. The molecule has 122 valence electrons. The van der Waals surface area contributed by atoms with Gasteiger partial charge in [-0.3, -0.25) is 4.90 Å². The zero-order valence-corrected chi connectivity index (χ0v) is 14.4. The Morgan fingerprint density at radius 1 is 1.27 bits per heavy atom. The number of hydrogen-bond donors (Lipinski definition) is 0. The molecule has 1 aromatic heterocycles. The maximum Gasteiger partial charge on any atom is 0.135 e. The highest BCUT2D eigenvalue weighted by Crippen LogP contribution is 2.39. The van der Waals surface area contributed by atoms with Crippen molar-refractivity contribution in [2.45, 2.75) is 44.8 Å². The molecule has 22 heavy (non-hydrogen) atoms. The normalized spacial score (nSPS) is 26.2. The first-order chi connectivity index (χ1) is 10.5. The molecule has 6 heteroatoms. The largest absolute Gasteiger partial charge is 0.373 e. The molecular formula is C16H25ClN4O. The monoisotopic (exact) mass is 324 g/mol. The average molecular weight is 325 g/mol. The van der Waals surface area contributed by atoms with E-state index >= 15 is 0 Å². The van der Waals surface area contributed by atoms with Crippen molar-refractivity contribution in [3.8, 4) is 0 Å². The van der Waals surface area contributed by atoms with Crippen molar-refractivity contribution in [1.29, 1.82) is 0 Å². The Kier molecular flexibility index (Phi) is 4.85. The van der Waals surface area contributed by atoms with Crippen LogP contribution in [0.1, 0.15) is 38.4 Å². The van der Waals surface area contributed by atoms with E-state index in [9.17, 15) is 0 Å². The van der Waals surface area contributed by atoms with Crippen molar-refractivity contribution in [3.05, 3.63) is 17.0 Å². The third-order valence-electron chi connectivity index (χ3n) is 4.28. The van der Waals surface area contributed by atoms with Crippen molar-refractivity contribution in [2.24, 2.45) is 0 Å². The Morgan fingerprint density at radius 2 is 1.95 bits per heavy atom. The minimum atomic E-state index is 0.309. The van der Waals surface area contributed by atoms with E-state index in [0.29, 0.717) is 23.3 Å². The standard InChI is InChI=1S/C16H25ClN4O/c1-11-9-21(10-12(2)22-11)7-6-20(3)15-8-14(17)18-16(19-15)13-4-5-13/h8,11-13H,4-7,9-10H2,1-3H3/t11-,12+. The van der Waals surface area contributed by atoms with Gasteiger partial charge in [-0.2, -0.15) is 0 Å². The fraction of sp³-hybridized carbons (Fsp3) is 0.750. The average Bonchev–Trinajstić information content (AvgIpc) is 3.27. The summed E-state index contributed by atoms with van der Waals surface area (Å²) in [5, 5.41) is 0.548. The van der Waals surface area contributed by atoms with Crippen molar-refractivity contribution in [1.82, 2.24) is 14.9 Å². The van der Waals surface area contributed by atoms with Gasteiger partial charge < -0.3 is 9.64 Å². The maximum absolute atomic E-state index is 6.15. The summed E-state index contributed by atoms with van der Waals surface area (Å²) in [6.45, 7) is 8.20. The number of anilines is 1. The van der Waals surface area contributed by atoms with Gasteiger partial charge in [0.05, 0.1) is 12.2 Å². The van der Waals surface area contributed by atoms with E-state index in [2.05, 4.69) is 40.7 Å². The lowest BCUT2D eigenvalue weighted by Crippen LogP contribution is -2.47. The molecule has 2 atom stereocenters. The Labute approximate surface area is 137 Å². The number of aromatic nitrogens is 2. The molecule has 0 radical (unpaired) electrons. The molecule has 1 aliphatic carbocycles. The predicted octanol–water partition coefficient (Wildman–Crippen LogP) is 2.55. The van der Waals surface area contributed by atoms with E-state index in [1.807, 2.05) is 6.07 Å². The summed E-state index contributed by atoms with van der Waals surface area (Å²) < 4.78 is 5.78. The van der Waals surface area contributed by atoms with Crippen LogP contribution in [0.5, 0.6) is 0 Å². The number of ether oxygens (including phenoxy) is 1. The molecule has 2 aliphatic rings. The summed E-state index contributed by atoms with van der Waals surface area (Å²) in [6.07, 6.45) is 2.99. The molecule has 2 heterocycles. The minimum absolute atomic E-state index is 0.309. The van der Waals surface area contributed by atoms with Crippen LogP contribution in [0.2, 0.25) is 5.15 Å². The minimum Gasteiger partial charge on any atom is -0.373 e. The second-order valence-corrected chi connectivity index (χ2v) is 7.01. The van der Waals surface area contributed by atoms with Gasteiger partial charge in [-0.25, -0.2) is 9.97 Å². The molecule has 1 aliphatic heterocycles. The number of hydrogen-bond acceptors (Lipinski definition) is 5. The number of rotatable bonds is 5. The van der Waals surface area contributed by atoms with Crippen LogP contribution in [-0.4, -0.2) is 60.3 Å². The highest BCUT2D eigenvalue weighted by molar-refractivity contribution is 6.29. The van der Waals surface area contributed by atoms with Crippen LogP contribution < -0.4 is 4.90 Å². The van der Waals surface area contributed by atoms with Gasteiger partial charge in [0.1, 0.15) is 16.8 Å². The van der Waals surface area contributed by atoms with Crippen molar-refractivity contribution >= 4 is 17.4 Å². The first-order valence-electron chi connectivity index (χ1n) is 8.14. The molecule has 0 spiro atoms. The van der Waals surface area contributed by atoms with Gasteiger partial charge in [0, 0.05) is 45.2 Å². The Bertz CT molecular complexity index is 513. The van der Waals surface area contributed by atoms with E-state index in [1.165, 1.54) is 12.8 Å². The number of halogens is 1. The molecule has 1 saturated carbocycles. The fourth-order valence-corrected chi connectivity index (χ4v) is 3.20. The second-order valence-electron chi connectivity index (χ2n) is 6.62. The van der Waals surface area contributed by atoms with Gasteiger partial charge >= 0.3 is 0 Å². The predicted molar refractivity (Wildman–Crippen MR) is 88.7 cm³/mol. The Morgan fingerprint density at radius 3 is 2.59 bits per heavy atom. The van der Waals surface area contributed by atoms with Crippen LogP contribution in [0, 0.1) is 0 Å². The molecule has 3 rings (SSSR count). The van der Waals surface area contributed by atoms with Crippen molar-refractivity contribution in [3.63, 3.8) is 0 Å². The second kappa shape index (κ2) is 6.69. The van der Waals surface area contributed by atoms with Gasteiger partial charge in [0.2, 0.25) is 0 Å². The van der Waals surface area contributed by atoms with E-state index < -0.39 is 0 Å². The third-order valence-corrected chi connectivity index (χ3v) is 4.47. The first kappa shape index (κ1) is 16.0. The maximum atomic E-state index is 6.15. The van der Waals surface area contributed by atoms with E-state index in [1.54, 1.807) is 0 Å². The van der Waals surface area contributed by atoms with Gasteiger partial charge in [-0.1, -0.05) is 11.6 Å². The number of likely N-dealkylation sites (N-methyl/N-ethyl adjacent to an activating group) is 1. The molecule has 1 aromatic rings. The number of nitrogens with zero attached hydrogens (tertiary/aromatic N) is 4. The van der Waals surface area contributed by atoms with Crippen LogP contribution in [0.25, 0.3) is 0 Å². The summed E-state index contributed by atoms with van der Waals surface area (Å²) in [4.78, 5) is 13.7. The van der Waals surface area contributed by atoms with Crippen molar-refractivity contribution < 1.29 is 4.74 Å². The van der Waals surface area contributed by atoms with Gasteiger partial charge in [0.25, 0.3) is 0 Å². The van der Waals surface area contributed by atoms with Gasteiger partial charge in [-0.15, -0.1) is 0 Å². The summed E-state index contributed by atoms with van der Waals surface area (Å²) in [5.74, 6) is 2.35. The number of morpholine rings is 1. The molecular weight excluding hydrogens is 300 g/mol. The molecule has 0 unspecified atom stereocenters. The highest BCUT2D eigenvalue weighted by atomic mass is 35.5. The molecule has 0 amide bonds. The Balaban J connectivity index is 1.58. The van der Waals surface area contributed by atoms with Crippen LogP contribution in [0.4, 0.5) is 5.82 Å². The van der Waals surface area contributed by atoms with Crippen molar-refractivity contribution in [2.75, 3.05) is 38.1 Å². The smallest absolute Gasteiger partial charge is 0.135 e. The zero-order chi connectivity index (χ0) is 15.7. The van der Waals surface area contributed by atoms with Crippen LogP contribution >= 0.6 is 11.6 Å². The lowest BCUT2D eigenvalue weighted by Gasteiger charge is -2.36. The van der Waals surface area contributed by atoms with E-state index in [-0.39, 0.29) is 0 Å². The fourth-order valence-electron chi connectivity index (χ4n) is 3.02. The molecule has 2 fully saturated rings. The lowest BCUT2D eigenvalue weighted by molar-refractivity contribution is -0.0670. The molecule has 1 saturated heterocycles. The van der Waals surface area contributed by atoms with E-state index in [4.69, 9.17) is 16.3 Å². The van der Waals surface area contributed by atoms with E-state index in [0.717, 1.165) is 37.8 Å². The first-order valence-corrected chi connectivity index (χ1v) is 8.52. The third kappa shape index (κ3) is 4.09. The molecule has 5 nitrogen and oxygen atoms in total. The molecule has 0 N–H and O–H groups in total. The quantitative estimate of drug-likeness (QED) is 0.779. The zero-order valence-electron chi connectivity index (χ0n) is 13.6. The van der Waals surface area contributed by atoms with Crippen LogP contribution in [0.15, 0.2) is 6.07 Å². The van der Waals surface area contributed by atoms with Crippen LogP contribution in [0.3, 0.4) is 0 Å². The summed E-state index contributed by atoms with van der Waals surface area (Å²) in [6, 6.07) is 1.86. The highest BCUT2D eigenvalue weighted by Gasteiger charge is 2.28.